The van der Waals surface area contributed by atoms with E-state index in [9.17, 15) is 22.8 Å². The zero-order chi connectivity index (χ0) is 21.6. The van der Waals surface area contributed by atoms with Crippen LogP contribution in [0.4, 0.5) is 13.2 Å². The zero-order valence-electron chi connectivity index (χ0n) is 15.8. The third kappa shape index (κ3) is 3.01. The van der Waals surface area contributed by atoms with E-state index in [1.807, 2.05) is 0 Å². The molecule has 1 aliphatic heterocycles. The minimum atomic E-state index is -4.72. The van der Waals surface area contributed by atoms with Gasteiger partial charge in [0.15, 0.2) is 0 Å². The molecule has 0 radical (unpaired) electrons. The molecule has 0 saturated heterocycles. The van der Waals surface area contributed by atoms with Crippen LogP contribution < -0.4 is 11.5 Å². The van der Waals surface area contributed by atoms with Crippen molar-refractivity contribution in [2.45, 2.75) is 37.5 Å². The molecule has 1 heterocycles. The van der Waals surface area contributed by atoms with E-state index in [-0.39, 0.29) is 11.3 Å². The number of benzene rings is 1. The average molecular weight is 407 g/mol. The summed E-state index contributed by atoms with van der Waals surface area (Å²) in [5.41, 5.74) is 7.61. The standard InChI is InChI=1S/C20H20F3N3O3/c1-11-9-13(19(20(21,22)23)10-12(2)26-29-19)6-7-14(11)18(17(25)28)8-4-3-5-15(18)16(24)27/h3-9,15H,10H2,1-2H3,(H2,24,27)(H2,25,28). The number of hydrogen-bond donors (Lipinski definition) is 2. The van der Waals surface area contributed by atoms with Gasteiger partial charge in [-0.25, -0.2) is 0 Å². The molecule has 2 aliphatic rings. The van der Waals surface area contributed by atoms with Crippen LogP contribution in [0.3, 0.4) is 0 Å². The number of amides is 2. The first-order chi connectivity index (χ1) is 13.5. The monoisotopic (exact) mass is 407 g/mol. The van der Waals surface area contributed by atoms with E-state index < -0.39 is 41.3 Å². The molecule has 1 aromatic rings. The minimum Gasteiger partial charge on any atom is -0.374 e. The number of rotatable bonds is 4. The van der Waals surface area contributed by atoms with Crippen LogP contribution in [0.5, 0.6) is 0 Å². The molecular formula is C20H20F3N3O3. The van der Waals surface area contributed by atoms with Gasteiger partial charge in [0, 0.05) is 12.0 Å². The SMILES string of the molecule is CC1=NOC(c2ccc(C3(C(N)=O)C=CC=CC3C(N)=O)c(C)c2)(C(F)(F)F)C1. The van der Waals surface area contributed by atoms with Gasteiger partial charge in [-0.15, -0.1) is 0 Å². The highest BCUT2D eigenvalue weighted by molar-refractivity contribution is 5.97. The molecule has 1 aromatic carbocycles. The summed E-state index contributed by atoms with van der Waals surface area (Å²) in [7, 11) is 0. The van der Waals surface area contributed by atoms with Crippen LogP contribution in [0.15, 0.2) is 47.7 Å². The lowest BCUT2D eigenvalue weighted by Gasteiger charge is -2.36. The Morgan fingerprint density at radius 2 is 1.90 bits per heavy atom. The number of carbonyl (C=O) groups excluding carboxylic acids is 2. The number of alkyl halides is 3. The molecule has 0 saturated carbocycles. The number of carbonyl (C=O) groups is 2. The highest BCUT2D eigenvalue weighted by atomic mass is 19.4. The second kappa shape index (κ2) is 6.75. The number of aryl methyl sites for hydroxylation is 1. The number of halogens is 3. The van der Waals surface area contributed by atoms with Gasteiger partial charge in [0.2, 0.25) is 11.8 Å². The van der Waals surface area contributed by atoms with Gasteiger partial charge in [0.25, 0.3) is 5.60 Å². The van der Waals surface area contributed by atoms with Crippen molar-refractivity contribution in [2.75, 3.05) is 0 Å². The maximum Gasteiger partial charge on any atom is 0.435 e. The van der Waals surface area contributed by atoms with Crippen molar-refractivity contribution in [1.29, 1.82) is 0 Å². The lowest BCUT2D eigenvalue weighted by atomic mass is 9.65. The fraction of sp³-hybridized carbons (Fsp3) is 0.350. The van der Waals surface area contributed by atoms with E-state index in [1.165, 1.54) is 37.3 Å². The number of nitrogens with two attached hydrogens (primary N) is 2. The van der Waals surface area contributed by atoms with Gasteiger partial charge < -0.3 is 16.3 Å². The van der Waals surface area contributed by atoms with Crippen LogP contribution in [0.1, 0.15) is 30.0 Å². The summed E-state index contributed by atoms with van der Waals surface area (Å²) < 4.78 is 41.6. The van der Waals surface area contributed by atoms with Gasteiger partial charge in [-0.2, -0.15) is 13.2 Å². The molecule has 0 spiro atoms. The van der Waals surface area contributed by atoms with Crippen LogP contribution in [-0.4, -0.2) is 23.7 Å². The summed E-state index contributed by atoms with van der Waals surface area (Å²) in [4.78, 5) is 29.3. The molecule has 29 heavy (non-hydrogen) atoms. The molecule has 1 aliphatic carbocycles. The van der Waals surface area contributed by atoms with Crippen LogP contribution in [0.25, 0.3) is 0 Å². The number of oxime groups is 1. The van der Waals surface area contributed by atoms with Gasteiger partial charge >= 0.3 is 6.18 Å². The maximum absolute atomic E-state index is 13.9. The average Bonchev–Trinajstić information content (AvgIpc) is 3.04. The molecule has 6 nitrogen and oxygen atoms in total. The van der Waals surface area contributed by atoms with Gasteiger partial charge in [0.05, 0.1) is 11.6 Å². The van der Waals surface area contributed by atoms with Crippen LogP contribution >= 0.6 is 0 Å². The summed E-state index contributed by atoms with van der Waals surface area (Å²) in [6.07, 6.45) is 0.855. The molecule has 3 atom stereocenters. The summed E-state index contributed by atoms with van der Waals surface area (Å²) in [5, 5.41) is 3.49. The van der Waals surface area contributed by atoms with Crippen molar-refractivity contribution >= 4 is 17.5 Å². The normalized spacial score (nSPS) is 28.7. The quantitative estimate of drug-likeness (QED) is 0.801. The Morgan fingerprint density at radius 3 is 2.38 bits per heavy atom. The Kier molecular flexibility index (Phi) is 4.80. The van der Waals surface area contributed by atoms with Gasteiger partial charge in [-0.3, -0.25) is 9.59 Å². The second-order valence-electron chi connectivity index (χ2n) is 7.31. The Balaban J connectivity index is 2.17. The first-order valence-corrected chi connectivity index (χ1v) is 8.81. The Bertz CT molecular complexity index is 967. The van der Waals surface area contributed by atoms with E-state index in [4.69, 9.17) is 16.3 Å². The first kappa shape index (κ1) is 20.6. The third-order valence-corrected chi connectivity index (χ3v) is 5.44. The van der Waals surface area contributed by atoms with Gasteiger partial charge in [-0.1, -0.05) is 47.7 Å². The van der Waals surface area contributed by atoms with E-state index >= 15 is 0 Å². The number of allylic oxidation sites excluding steroid dienone is 2. The fourth-order valence-electron chi connectivity index (χ4n) is 4.01. The Labute approximate surface area is 165 Å². The van der Waals surface area contributed by atoms with Crippen molar-refractivity contribution in [2.24, 2.45) is 22.5 Å². The van der Waals surface area contributed by atoms with Crippen molar-refractivity contribution in [1.82, 2.24) is 0 Å². The molecule has 9 heteroatoms. The molecule has 3 unspecified atom stereocenters. The van der Waals surface area contributed by atoms with Gasteiger partial charge in [-0.05, 0) is 25.0 Å². The predicted octanol–water partition coefficient (Wildman–Crippen LogP) is 2.50. The predicted molar refractivity (Wildman–Crippen MR) is 99.6 cm³/mol. The maximum atomic E-state index is 13.9. The summed E-state index contributed by atoms with van der Waals surface area (Å²) in [5.74, 6) is -2.68. The molecule has 154 valence electrons. The van der Waals surface area contributed by atoms with Crippen LogP contribution in [-0.2, 0) is 25.4 Å². The summed E-state index contributed by atoms with van der Waals surface area (Å²) in [6.45, 7) is 2.99. The lowest BCUT2D eigenvalue weighted by molar-refractivity contribution is -0.275. The molecule has 3 rings (SSSR count). The Hall–Kier alpha value is -3.10. The minimum absolute atomic E-state index is 0.155. The van der Waals surface area contributed by atoms with E-state index in [2.05, 4.69) is 5.16 Å². The van der Waals surface area contributed by atoms with Crippen molar-refractivity contribution < 1.29 is 27.6 Å². The summed E-state index contributed by atoms with van der Waals surface area (Å²) >= 11 is 0. The number of primary amides is 2. The highest BCUT2D eigenvalue weighted by Gasteiger charge is 2.62. The highest BCUT2D eigenvalue weighted by Crippen LogP contribution is 2.49. The van der Waals surface area contributed by atoms with E-state index in [0.717, 1.165) is 0 Å². The van der Waals surface area contributed by atoms with E-state index in [1.54, 1.807) is 19.1 Å². The Morgan fingerprint density at radius 1 is 1.21 bits per heavy atom. The molecule has 4 N–H and O–H groups in total. The molecule has 2 amide bonds. The third-order valence-electron chi connectivity index (χ3n) is 5.44. The van der Waals surface area contributed by atoms with Crippen molar-refractivity contribution in [3.63, 3.8) is 0 Å². The fourth-order valence-corrected chi connectivity index (χ4v) is 4.01. The lowest BCUT2D eigenvalue weighted by Crippen LogP contribution is -2.51. The molecular weight excluding hydrogens is 387 g/mol. The molecule has 0 aromatic heterocycles. The number of hydrogen-bond acceptors (Lipinski definition) is 4. The first-order valence-electron chi connectivity index (χ1n) is 8.81. The zero-order valence-corrected chi connectivity index (χ0v) is 15.8. The molecule has 0 fully saturated rings. The van der Waals surface area contributed by atoms with Gasteiger partial charge in [0.1, 0.15) is 5.41 Å². The van der Waals surface area contributed by atoms with Crippen LogP contribution in [0.2, 0.25) is 0 Å². The van der Waals surface area contributed by atoms with Crippen molar-refractivity contribution in [3.05, 3.63) is 59.2 Å². The topological polar surface area (TPSA) is 108 Å². The second-order valence-corrected chi connectivity index (χ2v) is 7.31. The summed E-state index contributed by atoms with van der Waals surface area (Å²) in [6, 6.07) is 3.87. The largest absolute Gasteiger partial charge is 0.435 e. The number of nitrogens with zero attached hydrogens (tertiary/aromatic N) is 1. The smallest absolute Gasteiger partial charge is 0.374 e. The van der Waals surface area contributed by atoms with Crippen LogP contribution in [0, 0.1) is 12.8 Å². The van der Waals surface area contributed by atoms with Crippen molar-refractivity contribution in [3.8, 4) is 0 Å². The molecule has 0 bridgehead atoms. The van der Waals surface area contributed by atoms with E-state index in [0.29, 0.717) is 11.1 Å².